The van der Waals surface area contributed by atoms with Gasteiger partial charge in [0, 0.05) is 19.4 Å². The molecule has 0 aliphatic heterocycles. The van der Waals surface area contributed by atoms with Crippen molar-refractivity contribution in [3.63, 3.8) is 0 Å². The molecule has 0 heterocycles. The lowest BCUT2D eigenvalue weighted by Crippen LogP contribution is -2.29. The Bertz CT molecular complexity index is 1110. The summed E-state index contributed by atoms with van der Waals surface area (Å²) in [6.45, 7) is 3.66. The minimum absolute atomic E-state index is 0.0445. The van der Waals surface area contributed by atoms with Gasteiger partial charge in [0.2, 0.25) is 0 Å². The van der Waals surface area contributed by atoms with Gasteiger partial charge in [0.15, 0.2) is 6.10 Å². The quantitative estimate of drug-likeness (QED) is 0.0266. The predicted molar refractivity (Wildman–Crippen MR) is 247 cm³/mol. The van der Waals surface area contributed by atoms with E-state index in [0.29, 0.717) is 12.8 Å². The van der Waals surface area contributed by atoms with Crippen molar-refractivity contribution >= 4 is 19.8 Å². The molecular weight excluding hydrogens is 762 g/mol. The number of hydrogen-bond acceptors (Lipinski definition) is 8. The van der Waals surface area contributed by atoms with Crippen LogP contribution in [0.3, 0.4) is 0 Å². The summed E-state index contributed by atoms with van der Waals surface area (Å²) in [6, 6.07) is 0. The number of nitrogens with two attached hydrogens (primary N) is 1. The maximum atomic E-state index is 12.6. The number of carbonyl (C=O) groups is 2. The van der Waals surface area contributed by atoms with Crippen LogP contribution in [0.2, 0.25) is 0 Å². The first kappa shape index (κ1) is 57.0. The zero-order valence-electron chi connectivity index (χ0n) is 38.0. The number of phosphoric ester groups is 1. The predicted octanol–water partition coefficient (Wildman–Crippen LogP) is 14.3. The third kappa shape index (κ3) is 45.3. The second kappa shape index (κ2) is 45.5. The molecule has 0 aromatic carbocycles. The third-order valence-corrected chi connectivity index (χ3v) is 11.1. The van der Waals surface area contributed by atoms with Gasteiger partial charge in [-0.1, -0.05) is 178 Å². The number of carbonyl (C=O) groups excluding carboxylic acids is 2. The molecule has 0 fully saturated rings. The van der Waals surface area contributed by atoms with Crippen LogP contribution in [0.1, 0.15) is 219 Å². The summed E-state index contributed by atoms with van der Waals surface area (Å²) in [4.78, 5) is 34.9. The van der Waals surface area contributed by atoms with Gasteiger partial charge in [0.1, 0.15) is 6.61 Å². The average molecular weight is 852 g/mol. The van der Waals surface area contributed by atoms with Crippen molar-refractivity contribution in [1.29, 1.82) is 0 Å². The molecule has 1 unspecified atom stereocenters. The first-order valence-electron chi connectivity index (χ1n) is 24.1. The standard InChI is InChI=1S/C49H90NO8P/c1-3-5-7-9-11-13-15-17-19-20-21-22-23-24-25-26-28-30-32-34-36-38-40-42-49(52)58-47(46-57-59(53,54)56-44-43-50)45-55-48(51)41-39-37-35-33-31-29-27-18-16-14-12-10-8-6-4-2/h12,14,18,26-28,34,36,47H,3-11,13,15-17,19-25,29-33,35,37-46,50H2,1-2H3,(H,53,54)/b14-12+,27-18+,28-26+,36-34+/t47-/m1/s1. The van der Waals surface area contributed by atoms with Gasteiger partial charge in [-0.25, -0.2) is 4.57 Å². The number of rotatable bonds is 45. The van der Waals surface area contributed by atoms with Gasteiger partial charge in [-0.15, -0.1) is 0 Å². The molecule has 0 radical (unpaired) electrons. The third-order valence-electron chi connectivity index (χ3n) is 10.2. The van der Waals surface area contributed by atoms with Crippen LogP contribution >= 0.6 is 7.82 Å². The highest BCUT2D eigenvalue weighted by Crippen LogP contribution is 2.43. The van der Waals surface area contributed by atoms with Gasteiger partial charge in [-0.3, -0.25) is 18.6 Å². The Balaban J connectivity index is 4.14. The monoisotopic (exact) mass is 852 g/mol. The van der Waals surface area contributed by atoms with Gasteiger partial charge < -0.3 is 20.1 Å². The lowest BCUT2D eigenvalue weighted by Gasteiger charge is -2.19. The number of hydrogen-bond donors (Lipinski definition) is 2. The first-order valence-corrected chi connectivity index (χ1v) is 25.6. The summed E-state index contributed by atoms with van der Waals surface area (Å²) in [6.07, 6.45) is 53.0. The van der Waals surface area contributed by atoms with Crippen molar-refractivity contribution in [2.75, 3.05) is 26.4 Å². The van der Waals surface area contributed by atoms with Crippen LogP contribution in [0.15, 0.2) is 48.6 Å². The molecule has 3 N–H and O–H groups in total. The average Bonchev–Trinajstić information content (AvgIpc) is 3.22. The van der Waals surface area contributed by atoms with Crippen LogP contribution < -0.4 is 5.73 Å². The molecule has 0 rings (SSSR count). The van der Waals surface area contributed by atoms with Crippen molar-refractivity contribution in [1.82, 2.24) is 0 Å². The van der Waals surface area contributed by atoms with E-state index in [2.05, 4.69) is 62.5 Å². The Morgan fingerprint density at radius 3 is 1.44 bits per heavy atom. The zero-order chi connectivity index (χ0) is 43.2. The number of esters is 2. The Labute approximate surface area is 362 Å². The molecule has 0 aromatic heterocycles. The molecule has 0 spiro atoms. The van der Waals surface area contributed by atoms with E-state index in [1.807, 2.05) is 0 Å². The second-order valence-corrected chi connectivity index (χ2v) is 17.4. The maximum absolute atomic E-state index is 12.6. The molecule has 0 saturated carbocycles. The number of allylic oxidation sites excluding steroid dienone is 8. The molecule has 0 aromatic rings. The minimum atomic E-state index is -4.39. The first-order chi connectivity index (χ1) is 28.8. The van der Waals surface area contributed by atoms with Crippen LogP contribution in [0.25, 0.3) is 0 Å². The van der Waals surface area contributed by atoms with Gasteiger partial charge in [-0.2, -0.15) is 0 Å². The Hall–Kier alpha value is -2.03. The minimum Gasteiger partial charge on any atom is -0.462 e. The molecule has 59 heavy (non-hydrogen) atoms. The molecule has 0 aliphatic rings. The summed E-state index contributed by atoms with van der Waals surface area (Å²) >= 11 is 0. The van der Waals surface area contributed by atoms with E-state index in [1.54, 1.807) is 0 Å². The maximum Gasteiger partial charge on any atom is 0.472 e. The normalized spacial score (nSPS) is 13.6. The van der Waals surface area contributed by atoms with Gasteiger partial charge in [0.25, 0.3) is 0 Å². The van der Waals surface area contributed by atoms with E-state index in [1.165, 1.54) is 116 Å². The van der Waals surface area contributed by atoms with Crippen molar-refractivity contribution in [2.24, 2.45) is 5.73 Å². The highest BCUT2D eigenvalue weighted by atomic mass is 31.2. The fourth-order valence-electron chi connectivity index (χ4n) is 6.57. The van der Waals surface area contributed by atoms with Gasteiger partial charge >= 0.3 is 19.8 Å². The fraction of sp³-hybridized carbons (Fsp3) is 0.796. The van der Waals surface area contributed by atoms with Crippen LogP contribution in [0, 0.1) is 0 Å². The lowest BCUT2D eigenvalue weighted by atomic mass is 10.0. The fourth-order valence-corrected chi connectivity index (χ4v) is 7.33. The number of unbranched alkanes of at least 4 members (excludes halogenated alkanes) is 24. The smallest absolute Gasteiger partial charge is 0.462 e. The van der Waals surface area contributed by atoms with Crippen molar-refractivity contribution in [3.05, 3.63) is 48.6 Å². The summed E-state index contributed by atoms with van der Waals surface area (Å²) in [5.41, 5.74) is 5.35. The number of phosphoric acid groups is 1. The Kier molecular flexibility index (Phi) is 43.9. The van der Waals surface area contributed by atoms with Gasteiger partial charge in [-0.05, 0) is 77.0 Å². The van der Waals surface area contributed by atoms with E-state index in [4.69, 9.17) is 24.3 Å². The van der Waals surface area contributed by atoms with Crippen LogP contribution in [0.4, 0.5) is 0 Å². The Morgan fingerprint density at radius 1 is 0.508 bits per heavy atom. The zero-order valence-corrected chi connectivity index (χ0v) is 38.9. The SMILES string of the molecule is CCCCC/C=C/C/C=C/CCCCCCCC(=O)OC[C@H](COP(=O)(O)OCCN)OC(=O)CCC/C=C/CC/C=C/CCCCCCCCCCCCCCCC. The molecule has 9 nitrogen and oxygen atoms in total. The summed E-state index contributed by atoms with van der Waals surface area (Å²) in [7, 11) is -4.39. The summed E-state index contributed by atoms with van der Waals surface area (Å²) < 4.78 is 32.8. The molecule has 0 aliphatic carbocycles. The molecule has 0 amide bonds. The molecule has 0 bridgehead atoms. The highest BCUT2D eigenvalue weighted by molar-refractivity contribution is 7.47. The lowest BCUT2D eigenvalue weighted by molar-refractivity contribution is -0.161. The van der Waals surface area contributed by atoms with E-state index in [9.17, 15) is 19.0 Å². The topological polar surface area (TPSA) is 134 Å². The highest BCUT2D eigenvalue weighted by Gasteiger charge is 2.26. The Morgan fingerprint density at radius 2 is 0.915 bits per heavy atom. The van der Waals surface area contributed by atoms with Crippen molar-refractivity contribution < 1.29 is 37.6 Å². The van der Waals surface area contributed by atoms with Crippen LogP contribution in [0.5, 0.6) is 0 Å². The number of ether oxygens (including phenoxy) is 2. The molecular formula is C49H90NO8P. The molecule has 10 heteroatoms. The summed E-state index contributed by atoms with van der Waals surface area (Å²) in [5, 5.41) is 0. The van der Waals surface area contributed by atoms with Gasteiger partial charge in [0.05, 0.1) is 13.2 Å². The van der Waals surface area contributed by atoms with E-state index >= 15 is 0 Å². The molecule has 2 atom stereocenters. The van der Waals surface area contributed by atoms with Crippen LogP contribution in [-0.4, -0.2) is 49.3 Å². The largest absolute Gasteiger partial charge is 0.472 e. The van der Waals surface area contributed by atoms with Crippen molar-refractivity contribution in [3.8, 4) is 0 Å². The van der Waals surface area contributed by atoms with Crippen molar-refractivity contribution in [2.45, 2.75) is 225 Å². The van der Waals surface area contributed by atoms with E-state index in [0.717, 1.165) is 64.2 Å². The second-order valence-electron chi connectivity index (χ2n) is 16.0. The van der Waals surface area contributed by atoms with Crippen LogP contribution in [-0.2, 0) is 32.7 Å². The van der Waals surface area contributed by atoms with E-state index in [-0.39, 0.29) is 32.6 Å². The van der Waals surface area contributed by atoms with E-state index < -0.39 is 32.5 Å². The summed E-state index contributed by atoms with van der Waals surface area (Å²) in [5.74, 6) is -0.892. The molecule has 0 saturated heterocycles. The molecule has 344 valence electrons.